The topological polar surface area (TPSA) is 21.3 Å². The van der Waals surface area contributed by atoms with E-state index in [1.807, 2.05) is 31.2 Å². The van der Waals surface area contributed by atoms with E-state index < -0.39 is 0 Å². The molecule has 0 unspecified atom stereocenters. The SMILES string of the molecule is COc1cccc(/C=C/c2ccc(C)c(Nc3ccc(F)cc3)c2)c1. The zero-order valence-electron chi connectivity index (χ0n) is 14.3. The summed E-state index contributed by atoms with van der Waals surface area (Å²) in [7, 11) is 1.66. The largest absolute Gasteiger partial charge is 0.497 e. The smallest absolute Gasteiger partial charge is 0.123 e. The van der Waals surface area contributed by atoms with Crippen LogP contribution in [0.5, 0.6) is 5.75 Å². The molecule has 126 valence electrons. The van der Waals surface area contributed by atoms with Gasteiger partial charge in [0.15, 0.2) is 0 Å². The number of rotatable bonds is 5. The third-order valence-electron chi connectivity index (χ3n) is 3.95. The number of anilines is 2. The second-order valence-corrected chi connectivity index (χ2v) is 5.82. The standard InChI is InChI=1S/C22H20FNO/c1-16-6-7-18(9-8-17-4-3-5-21(14-17)25-2)15-22(16)24-20-12-10-19(23)11-13-20/h3-15,24H,1-2H3/b9-8+. The van der Waals surface area contributed by atoms with Gasteiger partial charge >= 0.3 is 0 Å². The number of hydrogen-bond donors (Lipinski definition) is 1. The summed E-state index contributed by atoms with van der Waals surface area (Å²) in [6.45, 7) is 2.04. The molecule has 0 aliphatic heterocycles. The lowest BCUT2D eigenvalue weighted by Gasteiger charge is -2.10. The highest BCUT2D eigenvalue weighted by atomic mass is 19.1. The highest BCUT2D eigenvalue weighted by molar-refractivity contribution is 5.74. The Kier molecular flexibility index (Phi) is 5.14. The number of nitrogens with one attached hydrogen (secondary N) is 1. The summed E-state index contributed by atoms with van der Waals surface area (Å²) in [5.41, 5.74) is 5.15. The van der Waals surface area contributed by atoms with E-state index >= 15 is 0 Å². The van der Waals surface area contributed by atoms with Crippen LogP contribution in [0.25, 0.3) is 12.2 Å². The molecule has 1 N–H and O–H groups in total. The Balaban J connectivity index is 1.80. The summed E-state index contributed by atoms with van der Waals surface area (Å²) in [5.74, 6) is 0.599. The fourth-order valence-corrected chi connectivity index (χ4v) is 2.50. The van der Waals surface area contributed by atoms with Crippen molar-refractivity contribution >= 4 is 23.5 Å². The summed E-state index contributed by atoms with van der Waals surface area (Å²) in [4.78, 5) is 0. The molecular weight excluding hydrogens is 313 g/mol. The average Bonchev–Trinajstić information content (AvgIpc) is 2.64. The molecule has 0 saturated carbocycles. The molecular formula is C22H20FNO. The van der Waals surface area contributed by atoms with Gasteiger partial charge in [-0.2, -0.15) is 0 Å². The Bertz CT molecular complexity index is 885. The second kappa shape index (κ2) is 7.67. The molecule has 0 aliphatic rings. The molecule has 0 spiro atoms. The first kappa shape index (κ1) is 16.8. The van der Waals surface area contributed by atoms with E-state index in [1.165, 1.54) is 12.1 Å². The Labute approximate surface area is 147 Å². The maximum atomic E-state index is 13.0. The molecule has 0 heterocycles. The van der Waals surface area contributed by atoms with Crippen LogP contribution in [0.1, 0.15) is 16.7 Å². The second-order valence-electron chi connectivity index (χ2n) is 5.82. The van der Waals surface area contributed by atoms with Gasteiger partial charge in [0.2, 0.25) is 0 Å². The minimum Gasteiger partial charge on any atom is -0.497 e. The van der Waals surface area contributed by atoms with Crippen LogP contribution in [-0.4, -0.2) is 7.11 Å². The lowest BCUT2D eigenvalue weighted by atomic mass is 10.1. The van der Waals surface area contributed by atoms with Gasteiger partial charge in [-0.05, 0) is 66.1 Å². The summed E-state index contributed by atoms with van der Waals surface area (Å²) >= 11 is 0. The zero-order valence-corrected chi connectivity index (χ0v) is 14.3. The summed E-state index contributed by atoms with van der Waals surface area (Å²) in [5, 5.41) is 3.34. The van der Waals surface area contributed by atoms with Crippen LogP contribution in [0, 0.1) is 12.7 Å². The normalized spacial score (nSPS) is 10.8. The average molecular weight is 333 g/mol. The summed E-state index contributed by atoms with van der Waals surface area (Å²) in [6, 6.07) is 20.5. The first-order valence-corrected chi connectivity index (χ1v) is 8.09. The van der Waals surface area contributed by atoms with Crippen LogP contribution in [0.15, 0.2) is 66.7 Å². The van der Waals surface area contributed by atoms with Crippen molar-refractivity contribution in [2.45, 2.75) is 6.92 Å². The van der Waals surface area contributed by atoms with Crippen LogP contribution >= 0.6 is 0 Å². The minimum atomic E-state index is -0.239. The van der Waals surface area contributed by atoms with Gasteiger partial charge in [-0.3, -0.25) is 0 Å². The highest BCUT2D eigenvalue weighted by Gasteiger charge is 2.01. The van der Waals surface area contributed by atoms with Gasteiger partial charge in [0, 0.05) is 11.4 Å². The van der Waals surface area contributed by atoms with Gasteiger partial charge < -0.3 is 10.1 Å². The summed E-state index contributed by atoms with van der Waals surface area (Å²) in [6.07, 6.45) is 4.11. The van der Waals surface area contributed by atoms with Crippen molar-refractivity contribution in [3.05, 3.63) is 89.2 Å². The van der Waals surface area contributed by atoms with E-state index in [-0.39, 0.29) is 5.82 Å². The molecule has 3 heteroatoms. The number of benzene rings is 3. The van der Waals surface area contributed by atoms with Gasteiger partial charge in [0.1, 0.15) is 11.6 Å². The predicted molar refractivity (Wildman–Crippen MR) is 103 cm³/mol. The molecule has 0 saturated heterocycles. The molecule has 0 aromatic heterocycles. The predicted octanol–water partition coefficient (Wildman–Crippen LogP) is 6.06. The van der Waals surface area contributed by atoms with Crippen LogP contribution in [0.3, 0.4) is 0 Å². The summed E-state index contributed by atoms with van der Waals surface area (Å²) < 4.78 is 18.3. The Morgan fingerprint density at radius 1 is 0.880 bits per heavy atom. The van der Waals surface area contributed by atoms with Gasteiger partial charge in [-0.15, -0.1) is 0 Å². The van der Waals surface area contributed by atoms with Crippen molar-refractivity contribution in [1.29, 1.82) is 0 Å². The first-order valence-electron chi connectivity index (χ1n) is 8.09. The van der Waals surface area contributed by atoms with E-state index in [4.69, 9.17) is 4.74 Å². The quantitative estimate of drug-likeness (QED) is 0.573. The maximum Gasteiger partial charge on any atom is 0.123 e. The molecule has 2 nitrogen and oxygen atoms in total. The van der Waals surface area contributed by atoms with Gasteiger partial charge in [0.25, 0.3) is 0 Å². The van der Waals surface area contributed by atoms with Crippen molar-refractivity contribution in [1.82, 2.24) is 0 Å². The molecule has 0 bridgehead atoms. The molecule has 0 aliphatic carbocycles. The van der Waals surface area contributed by atoms with Gasteiger partial charge in [-0.25, -0.2) is 4.39 Å². The Morgan fingerprint density at radius 2 is 1.60 bits per heavy atom. The molecule has 0 atom stereocenters. The molecule has 3 aromatic carbocycles. The molecule has 25 heavy (non-hydrogen) atoms. The third-order valence-corrected chi connectivity index (χ3v) is 3.95. The van der Waals surface area contributed by atoms with E-state index in [0.717, 1.165) is 33.8 Å². The van der Waals surface area contributed by atoms with Crippen LogP contribution < -0.4 is 10.1 Å². The maximum absolute atomic E-state index is 13.0. The fourth-order valence-electron chi connectivity index (χ4n) is 2.50. The lowest BCUT2D eigenvalue weighted by Crippen LogP contribution is -1.93. The fraction of sp³-hybridized carbons (Fsp3) is 0.0909. The van der Waals surface area contributed by atoms with E-state index in [9.17, 15) is 4.39 Å². The Morgan fingerprint density at radius 3 is 2.32 bits per heavy atom. The first-order chi connectivity index (χ1) is 12.1. The molecule has 0 radical (unpaired) electrons. The number of ether oxygens (including phenoxy) is 1. The van der Waals surface area contributed by atoms with Gasteiger partial charge in [-0.1, -0.05) is 36.4 Å². The highest BCUT2D eigenvalue weighted by Crippen LogP contribution is 2.23. The monoisotopic (exact) mass is 333 g/mol. The molecule has 3 rings (SSSR count). The lowest BCUT2D eigenvalue weighted by molar-refractivity contribution is 0.414. The number of hydrogen-bond acceptors (Lipinski definition) is 2. The molecule has 0 amide bonds. The molecule has 3 aromatic rings. The third kappa shape index (κ3) is 4.48. The van der Waals surface area contributed by atoms with Crippen molar-refractivity contribution in [2.24, 2.45) is 0 Å². The minimum absolute atomic E-state index is 0.239. The van der Waals surface area contributed by atoms with Crippen molar-refractivity contribution in [2.75, 3.05) is 12.4 Å². The van der Waals surface area contributed by atoms with Crippen LogP contribution in [0.2, 0.25) is 0 Å². The number of halogens is 1. The van der Waals surface area contributed by atoms with Crippen molar-refractivity contribution < 1.29 is 9.13 Å². The van der Waals surface area contributed by atoms with Crippen LogP contribution in [0.4, 0.5) is 15.8 Å². The van der Waals surface area contributed by atoms with E-state index in [1.54, 1.807) is 19.2 Å². The number of methoxy groups -OCH3 is 1. The van der Waals surface area contributed by atoms with E-state index in [2.05, 4.69) is 35.7 Å². The number of aryl methyl sites for hydroxylation is 1. The van der Waals surface area contributed by atoms with E-state index in [0.29, 0.717) is 0 Å². The Hall–Kier alpha value is -3.07. The zero-order chi connectivity index (χ0) is 17.6. The van der Waals surface area contributed by atoms with Gasteiger partial charge in [0.05, 0.1) is 7.11 Å². The van der Waals surface area contributed by atoms with Crippen LogP contribution in [-0.2, 0) is 0 Å². The van der Waals surface area contributed by atoms with Crippen molar-refractivity contribution in [3.63, 3.8) is 0 Å². The molecule has 0 fully saturated rings. The van der Waals surface area contributed by atoms with Crippen molar-refractivity contribution in [3.8, 4) is 5.75 Å².